The SMILES string of the molecule is O=C(O)C1C(c2ccc(Br)cc2)C1(F)F. The van der Waals surface area contributed by atoms with Crippen LogP contribution in [0, 0.1) is 5.92 Å². The Bertz CT molecular complexity index is 402. The Morgan fingerprint density at radius 3 is 2.27 bits per heavy atom. The van der Waals surface area contributed by atoms with Gasteiger partial charge >= 0.3 is 5.97 Å². The molecule has 80 valence electrons. The molecule has 1 saturated carbocycles. The zero-order valence-electron chi connectivity index (χ0n) is 7.45. The molecule has 0 bridgehead atoms. The molecule has 2 rings (SSSR count). The molecule has 2 atom stereocenters. The van der Waals surface area contributed by atoms with Crippen LogP contribution in [-0.4, -0.2) is 17.0 Å². The third kappa shape index (κ3) is 1.65. The Kier molecular flexibility index (Phi) is 2.30. The van der Waals surface area contributed by atoms with Crippen LogP contribution in [-0.2, 0) is 4.79 Å². The summed E-state index contributed by atoms with van der Waals surface area (Å²) in [7, 11) is 0. The number of rotatable bonds is 2. The van der Waals surface area contributed by atoms with E-state index < -0.39 is 23.7 Å². The quantitative estimate of drug-likeness (QED) is 0.902. The number of carboxylic acid groups (broad SMARTS) is 1. The van der Waals surface area contributed by atoms with Gasteiger partial charge in [0, 0.05) is 4.47 Å². The van der Waals surface area contributed by atoms with Crippen LogP contribution in [0.15, 0.2) is 28.7 Å². The molecule has 1 aliphatic rings. The average Bonchev–Trinajstić information content (AvgIpc) is 2.70. The molecule has 0 aliphatic heterocycles. The fraction of sp³-hybridized carbons (Fsp3) is 0.300. The highest BCUT2D eigenvalue weighted by atomic mass is 79.9. The summed E-state index contributed by atoms with van der Waals surface area (Å²) in [5.41, 5.74) is 0.371. The third-order valence-corrected chi connectivity index (χ3v) is 3.08. The number of hydrogen-bond acceptors (Lipinski definition) is 1. The van der Waals surface area contributed by atoms with Gasteiger partial charge < -0.3 is 5.11 Å². The predicted octanol–water partition coefficient (Wildman–Crippen LogP) is 2.88. The average molecular weight is 277 g/mol. The van der Waals surface area contributed by atoms with Gasteiger partial charge in [0.05, 0.1) is 5.92 Å². The van der Waals surface area contributed by atoms with Crippen molar-refractivity contribution in [3.8, 4) is 0 Å². The van der Waals surface area contributed by atoms with Crippen molar-refractivity contribution in [3.05, 3.63) is 34.3 Å². The molecular weight excluding hydrogens is 270 g/mol. The Labute approximate surface area is 93.0 Å². The van der Waals surface area contributed by atoms with E-state index in [9.17, 15) is 13.6 Å². The van der Waals surface area contributed by atoms with Crippen LogP contribution in [0.5, 0.6) is 0 Å². The third-order valence-electron chi connectivity index (χ3n) is 2.55. The molecule has 15 heavy (non-hydrogen) atoms. The molecule has 1 aromatic carbocycles. The molecule has 5 heteroatoms. The Balaban J connectivity index is 2.27. The normalized spacial score (nSPS) is 27.4. The summed E-state index contributed by atoms with van der Waals surface area (Å²) in [4.78, 5) is 10.5. The van der Waals surface area contributed by atoms with Gasteiger partial charge in [0.25, 0.3) is 5.92 Å². The molecule has 0 radical (unpaired) electrons. The van der Waals surface area contributed by atoms with Gasteiger partial charge in [-0.25, -0.2) is 8.78 Å². The van der Waals surface area contributed by atoms with Crippen LogP contribution in [0.4, 0.5) is 8.78 Å². The van der Waals surface area contributed by atoms with Crippen LogP contribution in [0.1, 0.15) is 11.5 Å². The van der Waals surface area contributed by atoms with Crippen LogP contribution in [0.25, 0.3) is 0 Å². The van der Waals surface area contributed by atoms with Crippen molar-refractivity contribution in [2.75, 3.05) is 0 Å². The molecule has 1 aromatic rings. The maximum atomic E-state index is 13.1. The number of carbonyl (C=O) groups is 1. The monoisotopic (exact) mass is 276 g/mol. The Hall–Kier alpha value is -0.970. The van der Waals surface area contributed by atoms with Crippen molar-refractivity contribution in [2.45, 2.75) is 11.8 Å². The summed E-state index contributed by atoms with van der Waals surface area (Å²) >= 11 is 3.18. The minimum atomic E-state index is -3.11. The lowest BCUT2D eigenvalue weighted by molar-refractivity contribution is -0.140. The number of carboxylic acids is 1. The van der Waals surface area contributed by atoms with Gasteiger partial charge in [-0.2, -0.15) is 0 Å². The van der Waals surface area contributed by atoms with Crippen LogP contribution < -0.4 is 0 Å². The molecule has 1 N–H and O–H groups in total. The molecular formula is C10H7BrF2O2. The first kappa shape index (κ1) is 10.5. The summed E-state index contributed by atoms with van der Waals surface area (Å²) < 4.78 is 27.0. The minimum absolute atomic E-state index is 0.371. The number of halogens is 3. The van der Waals surface area contributed by atoms with Crippen molar-refractivity contribution in [1.82, 2.24) is 0 Å². The second kappa shape index (κ2) is 3.27. The fourth-order valence-electron chi connectivity index (χ4n) is 1.72. The van der Waals surface area contributed by atoms with E-state index in [-0.39, 0.29) is 0 Å². The van der Waals surface area contributed by atoms with Crippen molar-refractivity contribution in [1.29, 1.82) is 0 Å². The van der Waals surface area contributed by atoms with Crippen LogP contribution >= 0.6 is 15.9 Å². The summed E-state index contributed by atoms with van der Waals surface area (Å²) in [6.07, 6.45) is 0. The first-order valence-corrected chi connectivity index (χ1v) is 5.10. The molecule has 0 saturated heterocycles. The summed E-state index contributed by atoms with van der Waals surface area (Å²) in [5, 5.41) is 8.59. The van der Waals surface area contributed by atoms with Crippen molar-refractivity contribution in [3.63, 3.8) is 0 Å². The molecule has 0 spiro atoms. The smallest absolute Gasteiger partial charge is 0.313 e. The van der Waals surface area contributed by atoms with Gasteiger partial charge in [0.15, 0.2) is 0 Å². The van der Waals surface area contributed by atoms with Gasteiger partial charge in [-0.1, -0.05) is 28.1 Å². The van der Waals surface area contributed by atoms with Gasteiger partial charge in [-0.05, 0) is 17.7 Å². The Morgan fingerprint density at radius 1 is 1.33 bits per heavy atom. The molecule has 0 aromatic heterocycles. The standard InChI is InChI=1S/C10H7BrF2O2/c11-6-3-1-5(2-4-6)7-8(9(14)15)10(7,12)13/h1-4,7-8H,(H,14,15). The molecule has 2 unspecified atom stereocenters. The van der Waals surface area contributed by atoms with E-state index in [0.717, 1.165) is 4.47 Å². The number of aliphatic carboxylic acids is 1. The van der Waals surface area contributed by atoms with E-state index in [0.29, 0.717) is 5.56 Å². The highest BCUT2D eigenvalue weighted by Crippen LogP contribution is 2.61. The lowest BCUT2D eigenvalue weighted by Crippen LogP contribution is -2.04. The highest BCUT2D eigenvalue weighted by Gasteiger charge is 2.72. The highest BCUT2D eigenvalue weighted by molar-refractivity contribution is 9.10. The number of alkyl halides is 2. The second-order valence-electron chi connectivity index (χ2n) is 3.52. The zero-order chi connectivity index (χ0) is 11.2. The Morgan fingerprint density at radius 2 is 1.87 bits per heavy atom. The summed E-state index contributed by atoms with van der Waals surface area (Å²) in [6.45, 7) is 0. The predicted molar refractivity (Wildman–Crippen MR) is 53.0 cm³/mol. The first-order valence-electron chi connectivity index (χ1n) is 4.30. The topological polar surface area (TPSA) is 37.3 Å². The maximum Gasteiger partial charge on any atom is 0.313 e. The van der Waals surface area contributed by atoms with E-state index >= 15 is 0 Å². The summed E-state index contributed by atoms with van der Waals surface area (Å²) in [5.74, 6) is -7.30. The fourth-order valence-corrected chi connectivity index (χ4v) is 1.98. The molecule has 0 heterocycles. The molecule has 1 aliphatic carbocycles. The second-order valence-corrected chi connectivity index (χ2v) is 4.44. The largest absolute Gasteiger partial charge is 0.481 e. The first-order chi connectivity index (χ1) is 6.94. The van der Waals surface area contributed by atoms with E-state index in [1.165, 1.54) is 12.1 Å². The van der Waals surface area contributed by atoms with E-state index in [1.54, 1.807) is 12.1 Å². The molecule has 0 amide bonds. The van der Waals surface area contributed by atoms with E-state index in [2.05, 4.69) is 15.9 Å². The number of benzene rings is 1. The molecule has 1 fully saturated rings. The van der Waals surface area contributed by atoms with Gasteiger partial charge in [0.1, 0.15) is 5.92 Å². The van der Waals surface area contributed by atoms with Gasteiger partial charge in [-0.3, -0.25) is 4.79 Å². The lowest BCUT2D eigenvalue weighted by atomic mass is 10.1. The van der Waals surface area contributed by atoms with E-state index in [4.69, 9.17) is 5.11 Å². The van der Waals surface area contributed by atoms with Gasteiger partial charge in [0.2, 0.25) is 0 Å². The number of hydrogen-bond donors (Lipinski definition) is 1. The van der Waals surface area contributed by atoms with E-state index in [1.807, 2.05) is 0 Å². The van der Waals surface area contributed by atoms with Crippen molar-refractivity contribution >= 4 is 21.9 Å². The zero-order valence-corrected chi connectivity index (χ0v) is 9.04. The lowest BCUT2D eigenvalue weighted by Gasteiger charge is -1.98. The summed E-state index contributed by atoms with van der Waals surface area (Å²) in [6, 6.07) is 6.29. The van der Waals surface area contributed by atoms with Crippen LogP contribution in [0.2, 0.25) is 0 Å². The van der Waals surface area contributed by atoms with Crippen LogP contribution in [0.3, 0.4) is 0 Å². The van der Waals surface area contributed by atoms with Gasteiger partial charge in [-0.15, -0.1) is 0 Å². The van der Waals surface area contributed by atoms with Crippen molar-refractivity contribution < 1.29 is 18.7 Å². The molecule has 2 nitrogen and oxygen atoms in total. The van der Waals surface area contributed by atoms with Crippen molar-refractivity contribution in [2.24, 2.45) is 5.92 Å². The maximum absolute atomic E-state index is 13.1. The minimum Gasteiger partial charge on any atom is -0.481 e.